The van der Waals surface area contributed by atoms with Crippen molar-refractivity contribution in [1.82, 2.24) is 20.1 Å². The monoisotopic (exact) mass is 410 g/mol. The molecule has 7 heteroatoms. The van der Waals surface area contributed by atoms with Crippen molar-refractivity contribution in [2.24, 2.45) is 0 Å². The van der Waals surface area contributed by atoms with Crippen LogP contribution in [0, 0.1) is 6.92 Å². The average Bonchev–Trinajstić information content (AvgIpc) is 3.16. The lowest BCUT2D eigenvalue weighted by Gasteiger charge is -2.13. The fourth-order valence-corrected chi connectivity index (χ4v) is 3.80. The molecule has 2 aromatic heterocycles. The molecule has 2 heterocycles. The summed E-state index contributed by atoms with van der Waals surface area (Å²) in [5.41, 5.74) is 4.49. The minimum Gasteiger partial charge on any atom is -0.348 e. The summed E-state index contributed by atoms with van der Waals surface area (Å²) in [6.07, 6.45) is 1.68. The maximum atomic E-state index is 13.1. The van der Waals surface area contributed by atoms with Crippen molar-refractivity contribution in [2.45, 2.75) is 33.4 Å². The van der Waals surface area contributed by atoms with Gasteiger partial charge in [-0.05, 0) is 44.0 Å². The Morgan fingerprint density at radius 1 is 1.19 bits per heavy atom. The van der Waals surface area contributed by atoms with Gasteiger partial charge in [0, 0.05) is 34.8 Å². The molecular weight excluding hydrogens is 387 g/mol. The van der Waals surface area contributed by atoms with Crippen LogP contribution in [0.2, 0.25) is 0 Å². The van der Waals surface area contributed by atoms with Gasteiger partial charge in [-0.15, -0.1) is 0 Å². The Labute approximate surface area is 181 Å². The Morgan fingerprint density at radius 3 is 2.65 bits per heavy atom. The van der Waals surface area contributed by atoms with Crippen LogP contribution < -0.4 is 16.3 Å². The van der Waals surface area contributed by atoms with E-state index in [1.54, 1.807) is 12.3 Å². The van der Waals surface area contributed by atoms with Gasteiger partial charge in [-0.3, -0.25) is 14.3 Å². The molecule has 0 saturated heterocycles. The van der Waals surface area contributed by atoms with E-state index in [-0.39, 0.29) is 24.1 Å². The molecule has 0 fully saturated rings. The quantitative estimate of drug-likeness (QED) is 0.497. The summed E-state index contributed by atoms with van der Waals surface area (Å²) in [5.74, 6) is -0.306. The maximum absolute atomic E-state index is 13.1. The van der Waals surface area contributed by atoms with E-state index >= 15 is 0 Å². The lowest BCUT2D eigenvalue weighted by Crippen LogP contribution is -2.28. The Hall–Kier alpha value is -3.61. The third-order valence-corrected chi connectivity index (χ3v) is 5.25. The molecule has 2 radical (unpaired) electrons. The van der Waals surface area contributed by atoms with Crippen LogP contribution in [-0.4, -0.2) is 28.5 Å². The number of pyridine rings is 1. The van der Waals surface area contributed by atoms with Crippen molar-refractivity contribution in [1.29, 1.82) is 0 Å². The van der Waals surface area contributed by atoms with Gasteiger partial charge in [-0.2, -0.15) is 5.10 Å². The fraction of sp³-hybridized carbons (Fsp3) is 0.208. The van der Waals surface area contributed by atoms with Gasteiger partial charge in [-0.25, -0.2) is 0 Å². The first kappa shape index (κ1) is 20.7. The van der Waals surface area contributed by atoms with Gasteiger partial charge in [0.1, 0.15) is 7.85 Å². The molecule has 6 nitrogen and oxygen atoms in total. The molecule has 0 unspecified atom stereocenters. The molecule has 0 atom stereocenters. The number of hydrogen-bond acceptors (Lipinski definition) is 3. The summed E-state index contributed by atoms with van der Waals surface area (Å²) >= 11 is 0. The zero-order valence-corrected chi connectivity index (χ0v) is 17.8. The van der Waals surface area contributed by atoms with E-state index in [1.165, 1.54) is 0 Å². The van der Waals surface area contributed by atoms with Crippen molar-refractivity contribution >= 4 is 30.1 Å². The number of aromatic amines is 1. The summed E-state index contributed by atoms with van der Waals surface area (Å²) in [5, 5.41) is 8.02. The lowest BCUT2D eigenvalue weighted by molar-refractivity contribution is 0.0952. The van der Waals surface area contributed by atoms with Gasteiger partial charge in [-0.1, -0.05) is 41.9 Å². The van der Waals surface area contributed by atoms with Crippen LogP contribution in [0.5, 0.6) is 0 Å². The predicted molar refractivity (Wildman–Crippen MR) is 124 cm³/mol. The van der Waals surface area contributed by atoms with Crippen LogP contribution in [-0.2, 0) is 6.54 Å². The van der Waals surface area contributed by atoms with E-state index in [0.717, 1.165) is 27.7 Å². The van der Waals surface area contributed by atoms with Crippen molar-refractivity contribution in [3.63, 3.8) is 0 Å². The normalized spacial score (nSPS) is 11.2. The second-order valence-electron chi connectivity index (χ2n) is 7.91. The highest BCUT2D eigenvalue weighted by atomic mass is 16.1. The molecule has 2 aromatic carbocycles. The number of nitrogens with one attached hydrogen (secondary N) is 2. The number of hydrogen-bond donors (Lipinski definition) is 2. The predicted octanol–water partition coefficient (Wildman–Crippen LogP) is 3.00. The van der Waals surface area contributed by atoms with Crippen molar-refractivity contribution in [3.8, 4) is 11.1 Å². The van der Waals surface area contributed by atoms with Crippen LogP contribution in [0.15, 0.2) is 59.5 Å². The summed E-state index contributed by atoms with van der Waals surface area (Å²) in [6, 6.07) is 15.2. The molecule has 0 bridgehead atoms. The van der Waals surface area contributed by atoms with Gasteiger partial charge >= 0.3 is 0 Å². The van der Waals surface area contributed by atoms with Crippen LogP contribution in [0.25, 0.3) is 22.0 Å². The minimum absolute atomic E-state index is 0.0906. The first-order valence-electron chi connectivity index (χ1n) is 10.2. The molecule has 1 amide bonds. The average molecular weight is 410 g/mol. The number of rotatable bonds is 5. The Balaban J connectivity index is 1.69. The largest absolute Gasteiger partial charge is 0.348 e. The number of amides is 1. The Bertz CT molecular complexity index is 1320. The highest BCUT2D eigenvalue weighted by molar-refractivity contribution is 6.34. The maximum Gasteiger partial charge on any atom is 0.253 e. The summed E-state index contributed by atoms with van der Waals surface area (Å²) in [7, 11) is 6.06. The highest BCUT2D eigenvalue weighted by Gasteiger charge is 2.17. The van der Waals surface area contributed by atoms with E-state index in [4.69, 9.17) is 7.85 Å². The van der Waals surface area contributed by atoms with Gasteiger partial charge in [0.25, 0.3) is 11.5 Å². The van der Waals surface area contributed by atoms with Crippen molar-refractivity contribution in [2.75, 3.05) is 0 Å². The van der Waals surface area contributed by atoms with Gasteiger partial charge in [0.05, 0.1) is 11.7 Å². The summed E-state index contributed by atoms with van der Waals surface area (Å²) in [6.45, 7) is 5.97. The molecule has 2 N–H and O–H groups in total. The van der Waals surface area contributed by atoms with Crippen LogP contribution >= 0.6 is 0 Å². The van der Waals surface area contributed by atoms with Gasteiger partial charge in [0.15, 0.2) is 0 Å². The zero-order chi connectivity index (χ0) is 22.1. The van der Waals surface area contributed by atoms with Crippen LogP contribution in [0.4, 0.5) is 0 Å². The van der Waals surface area contributed by atoms with E-state index in [0.29, 0.717) is 16.6 Å². The number of aromatic nitrogens is 3. The number of benzene rings is 2. The van der Waals surface area contributed by atoms with E-state index in [9.17, 15) is 9.59 Å². The summed E-state index contributed by atoms with van der Waals surface area (Å²) in [4.78, 5) is 28.6. The van der Waals surface area contributed by atoms with Gasteiger partial charge in [0.2, 0.25) is 0 Å². The third-order valence-electron chi connectivity index (χ3n) is 5.25. The summed E-state index contributed by atoms with van der Waals surface area (Å²) < 4.78 is 1.83. The Morgan fingerprint density at radius 2 is 1.94 bits per heavy atom. The van der Waals surface area contributed by atoms with E-state index in [2.05, 4.69) is 15.4 Å². The second-order valence-corrected chi connectivity index (χ2v) is 7.91. The molecule has 0 aliphatic carbocycles. The topological polar surface area (TPSA) is 79.8 Å². The minimum atomic E-state index is -0.306. The molecule has 0 aliphatic heterocycles. The molecule has 31 heavy (non-hydrogen) atoms. The third kappa shape index (κ3) is 4.03. The second kappa shape index (κ2) is 8.26. The highest BCUT2D eigenvalue weighted by Crippen LogP contribution is 2.23. The van der Waals surface area contributed by atoms with E-state index in [1.807, 2.05) is 67.9 Å². The number of H-pyrrole nitrogens is 1. The smallest absolute Gasteiger partial charge is 0.253 e. The van der Waals surface area contributed by atoms with Gasteiger partial charge < -0.3 is 10.3 Å². The standard InChI is InChI=1S/C24H23BN4O2/c1-14(2)29-22-11-17(25)10-19(20(22)13-27-29)23(30)26-12-21-18(9-15(3)28-24(21)31)16-7-5-4-6-8-16/h4-11,13-14H,12H2,1-3H3,(H,26,30)(H,28,31). The zero-order valence-electron chi connectivity index (χ0n) is 17.8. The first-order valence-corrected chi connectivity index (χ1v) is 10.2. The number of fused-ring (bicyclic) bond motifs is 1. The molecule has 0 spiro atoms. The van der Waals surface area contributed by atoms with Crippen molar-refractivity contribution < 1.29 is 4.79 Å². The number of aryl methyl sites for hydroxylation is 1. The van der Waals surface area contributed by atoms with Crippen molar-refractivity contribution in [3.05, 3.63) is 81.9 Å². The van der Waals surface area contributed by atoms with Crippen LogP contribution in [0.3, 0.4) is 0 Å². The van der Waals surface area contributed by atoms with E-state index < -0.39 is 0 Å². The first-order chi connectivity index (χ1) is 14.8. The SMILES string of the molecule is [B]c1cc(C(=O)NCc2c(-c3ccccc3)cc(C)[nH]c2=O)c2cnn(C(C)C)c2c1. The number of carbonyl (C=O) groups is 1. The molecule has 4 rings (SSSR count). The molecule has 4 aromatic rings. The Kier molecular flexibility index (Phi) is 5.50. The molecule has 154 valence electrons. The molecule has 0 saturated carbocycles. The molecular formula is C24H23BN4O2. The van der Waals surface area contributed by atoms with Crippen LogP contribution in [0.1, 0.15) is 41.5 Å². The number of carbonyl (C=O) groups excluding carboxylic acids is 1. The molecule has 0 aliphatic rings. The number of nitrogens with zero attached hydrogens (tertiary/aromatic N) is 2. The lowest BCUT2D eigenvalue weighted by atomic mass is 9.92. The fourth-order valence-electron chi connectivity index (χ4n) is 3.80.